The van der Waals surface area contributed by atoms with Crippen LogP contribution in [-0.4, -0.2) is 36.6 Å². The average Bonchev–Trinajstić information content (AvgIpc) is 2.48. The third-order valence-electron chi connectivity index (χ3n) is 4.99. The summed E-state index contributed by atoms with van der Waals surface area (Å²) in [5, 5.41) is 0.223. The number of halogens is 2. The number of hydrogen-bond donors (Lipinski definition) is 0. The number of piperidine rings is 1. The van der Waals surface area contributed by atoms with Gasteiger partial charge in [-0.25, -0.2) is 4.39 Å². The maximum Gasteiger partial charge on any atom is 0.165 e. The molecule has 0 radical (unpaired) electrons. The van der Waals surface area contributed by atoms with Crippen molar-refractivity contribution in [3.63, 3.8) is 0 Å². The number of anilines is 1. The van der Waals surface area contributed by atoms with Crippen LogP contribution < -0.4 is 4.90 Å². The van der Waals surface area contributed by atoms with Gasteiger partial charge in [-0.3, -0.25) is 4.90 Å². The normalized spacial score (nSPS) is 27.0. The zero-order valence-electron chi connectivity index (χ0n) is 12.9. The van der Waals surface area contributed by atoms with Crippen LogP contribution in [0, 0.1) is 11.7 Å². The Morgan fingerprint density at radius 3 is 2.81 bits per heavy atom. The van der Waals surface area contributed by atoms with E-state index in [1.54, 1.807) is 6.07 Å². The van der Waals surface area contributed by atoms with Gasteiger partial charge < -0.3 is 4.90 Å². The van der Waals surface area contributed by atoms with Crippen LogP contribution in [0.15, 0.2) is 18.2 Å². The fraction of sp³-hybridized carbons (Fsp3) is 0.647. The second-order valence-electron chi connectivity index (χ2n) is 6.68. The van der Waals surface area contributed by atoms with Gasteiger partial charge in [0.1, 0.15) is 0 Å². The quantitative estimate of drug-likeness (QED) is 0.808. The van der Waals surface area contributed by atoms with Gasteiger partial charge in [-0.2, -0.15) is 0 Å². The van der Waals surface area contributed by atoms with Gasteiger partial charge in [0.05, 0.1) is 10.7 Å². The molecule has 21 heavy (non-hydrogen) atoms. The molecule has 0 saturated carbocycles. The molecule has 1 aromatic carbocycles. The molecule has 1 aromatic rings. The molecule has 2 saturated heterocycles. The molecule has 2 atom stereocenters. The summed E-state index contributed by atoms with van der Waals surface area (Å²) in [7, 11) is 0. The highest BCUT2D eigenvalue weighted by atomic mass is 35.5. The molecule has 0 bridgehead atoms. The SMILES string of the molecule is CC(C)C1CN2CCCCC2CN1c1cccc(Cl)c1F. The van der Waals surface area contributed by atoms with E-state index in [0.29, 0.717) is 23.7 Å². The Morgan fingerprint density at radius 1 is 1.24 bits per heavy atom. The zero-order chi connectivity index (χ0) is 15.0. The highest BCUT2D eigenvalue weighted by molar-refractivity contribution is 6.31. The fourth-order valence-corrected chi connectivity index (χ4v) is 3.94. The molecule has 0 N–H and O–H groups in total. The molecule has 2 nitrogen and oxygen atoms in total. The maximum atomic E-state index is 14.5. The Kier molecular flexibility index (Phi) is 4.41. The first-order chi connectivity index (χ1) is 10.1. The Morgan fingerprint density at radius 2 is 2.05 bits per heavy atom. The topological polar surface area (TPSA) is 6.48 Å². The summed E-state index contributed by atoms with van der Waals surface area (Å²) in [6.45, 7) is 7.60. The van der Waals surface area contributed by atoms with E-state index in [1.165, 1.54) is 25.8 Å². The van der Waals surface area contributed by atoms with Crippen LogP contribution in [0.4, 0.5) is 10.1 Å². The van der Waals surface area contributed by atoms with Crippen LogP contribution >= 0.6 is 11.6 Å². The monoisotopic (exact) mass is 310 g/mol. The summed E-state index contributed by atoms with van der Waals surface area (Å²) in [5.74, 6) is 0.223. The van der Waals surface area contributed by atoms with Crippen molar-refractivity contribution in [3.8, 4) is 0 Å². The second-order valence-corrected chi connectivity index (χ2v) is 7.09. The van der Waals surface area contributed by atoms with Gasteiger partial charge in [-0.15, -0.1) is 0 Å². The first-order valence-electron chi connectivity index (χ1n) is 8.02. The van der Waals surface area contributed by atoms with E-state index in [9.17, 15) is 4.39 Å². The van der Waals surface area contributed by atoms with E-state index in [1.807, 2.05) is 12.1 Å². The van der Waals surface area contributed by atoms with Crippen molar-refractivity contribution in [1.29, 1.82) is 0 Å². The standard InChI is InChI=1S/C17H24ClFN2/c1-12(2)16-11-20-9-4-3-6-13(20)10-21(16)15-8-5-7-14(18)17(15)19/h5,7-8,12-13,16H,3-4,6,9-11H2,1-2H3. The third-order valence-corrected chi connectivity index (χ3v) is 5.28. The molecule has 116 valence electrons. The highest BCUT2D eigenvalue weighted by Crippen LogP contribution is 2.34. The first-order valence-corrected chi connectivity index (χ1v) is 8.40. The highest BCUT2D eigenvalue weighted by Gasteiger charge is 2.37. The number of hydrogen-bond acceptors (Lipinski definition) is 2. The first kappa shape index (κ1) is 15.1. The van der Waals surface area contributed by atoms with Gasteiger partial charge in [-0.1, -0.05) is 37.9 Å². The summed E-state index contributed by atoms with van der Waals surface area (Å²) < 4.78 is 14.5. The molecule has 4 heteroatoms. The van der Waals surface area contributed by atoms with Crippen molar-refractivity contribution in [1.82, 2.24) is 4.90 Å². The van der Waals surface area contributed by atoms with Crippen LogP contribution in [0.3, 0.4) is 0 Å². The molecular formula is C17H24ClFN2. The summed E-state index contributed by atoms with van der Waals surface area (Å²) in [5.41, 5.74) is 0.673. The van der Waals surface area contributed by atoms with E-state index in [0.717, 1.165) is 13.1 Å². The molecule has 2 fully saturated rings. The minimum absolute atomic E-state index is 0.223. The lowest BCUT2D eigenvalue weighted by Gasteiger charge is -2.50. The predicted octanol–water partition coefficient (Wildman–Crippen LogP) is 4.18. The summed E-state index contributed by atoms with van der Waals surface area (Å²) in [4.78, 5) is 4.87. The number of nitrogens with zero attached hydrogens (tertiary/aromatic N) is 2. The zero-order valence-corrected chi connectivity index (χ0v) is 13.6. The number of fused-ring (bicyclic) bond motifs is 1. The van der Waals surface area contributed by atoms with Crippen molar-refractivity contribution in [3.05, 3.63) is 29.0 Å². The van der Waals surface area contributed by atoms with Gasteiger partial charge in [0.2, 0.25) is 0 Å². The summed E-state index contributed by atoms with van der Waals surface area (Å²) in [6, 6.07) is 6.27. The Bertz CT molecular complexity index is 506. The molecule has 0 amide bonds. The van der Waals surface area contributed by atoms with E-state index in [-0.39, 0.29) is 10.8 Å². The van der Waals surface area contributed by atoms with Crippen LogP contribution in [0.2, 0.25) is 5.02 Å². The van der Waals surface area contributed by atoms with Crippen LogP contribution in [0.5, 0.6) is 0 Å². The van der Waals surface area contributed by atoms with E-state index < -0.39 is 0 Å². The lowest BCUT2D eigenvalue weighted by atomic mass is 9.91. The maximum absolute atomic E-state index is 14.5. The van der Waals surface area contributed by atoms with Crippen molar-refractivity contribution in [2.45, 2.75) is 45.2 Å². The fourth-order valence-electron chi connectivity index (χ4n) is 3.77. The summed E-state index contributed by atoms with van der Waals surface area (Å²) >= 11 is 5.99. The van der Waals surface area contributed by atoms with Crippen molar-refractivity contribution in [2.24, 2.45) is 5.92 Å². The lowest BCUT2D eigenvalue weighted by Crippen LogP contribution is -2.61. The third kappa shape index (κ3) is 2.91. The molecule has 0 aliphatic carbocycles. The smallest absolute Gasteiger partial charge is 0.165 e. The van der Waals surface area contributed by atoms with Gasteiger partial charge in [-0.05, 0) is 37.4 Å². The predicted molar refractivity (Wildman–Crippen MR) is 86.6 cm³/mol. The Hall–Kier alpha value is -0.800. The molecule has 2 aliphatic rings. The molecule has 2 unspecified atom stereocenters. The van der Waals surface area contributed by atoms with Crippen LogP contribution in [0.25, 0.3) is 0 Å². The van der Waals surface area contributed by atoms with Crippen LogP contribution in [0.1, 0.15) is 33.1 Å². The van der Waals surface area contributed by atoms with E-state index in [2.05, 4.69) is 23.6 Å². The van der Waals surface area contributed by atoms with Gasteiger partial charge in [0.25, 0.3) is 0 Å². The Labute approximate surface area is 131 Å². The van der Waals surface area contributed by atoms with Crippen molar-refractivity contribution in [2.75, 3.05) is 24.5 Å². The van der Waals surface area contributed by atoms with Crippen LogP contribution in [-0.2, 0) is 0 Å². The van der Waals surface area contributed by atoms with Crippen molar-refractivity contribution >= 4 is 17.3 Å². The number of piperazine rings is 1. The second kappa shape index (κ2) is 6.13. The minimum atomic E-state index is -0.269. The van der Waals surface area contributed by atoms with E-state index >= 15 is 0 Å². The molecule has 3 rings (SSSR count). The average molecular weight is 311 g/mol. The molecular weight excluding hydrogens is 287 g/mol. The number of benzene rings is 1. The summed E-state index contributed by atoms with van der Waals surface area (Å²) in [6.07, 6.45) is 3.82. The molecule has 2 heterocycles. The van der Waals surface area contributed by atoms with Gasteiger partial charge >= 0.3 is 0 Å². The number of rotatable bonds is 2. The van der Waals surface area contributed by atoms with Crippen molar-refractivity contribution < 1.29 is 4.39 Å². The van der Waals surface area contributed by atoms with Gasteiger partial charge in [0.15, 0.2) is 5.82 Å². The Balaban J connectivity index is 1.92. The molecule has 2 aliphatic heterocycles. The molecule has 0 aromatic heterocycles. The largest absolute Gasteiger partial charge is 0.363 e. The van der Waals surface area contributed by atoms with E-state index in [4.69, 9.17) is 11.6 Å². The van der Waals surface area contributed by atoms with Gasteiger partial charge in [0, 0.05) is 25.2 Å². The lowest BCUT2D eigenvalue weighted by molar-refractivity contribution is 0.100. The molecule has 0 spiro atoms. The minimum Gasteiger partial charge on any atom is -0.363 e.